The van der Waals surface area contributed by atoms with E-state index in [1.807, 2.05) is 128 Å². The van der Waals surface area contributed by atoms with Crippen LogP contribution in [0.15, 0.2) is 192 Å². The zero-order valence-electron chi connectivity index (χ0n) is 45.8. The monoisotopic (exact) mass is 1310 g/mol. The summed E-state index contributed by atoms with van der Waals surface area (Å²) in [6, 6.07) is 40.7. The molecule has 0 spiro atoms. The van der Waals surface area contributed by atoms with Gasteiger partial charge in [-0.2, -0.15) is 15.0 Å². The highest BCUT2D eigenvalue weighted by molar-refractivity contribution is 14.1. The molecular formula is C61H50Cl2IN19O4. The number of carbonyl (C=O) groups excluding carboxylic acids is 2. The lowest BCUT2D eigenvalue weighted by molar-refractivity contribution is 0.0969. The number of pyridine rings is 3. The van der Waals surface area contributed by atoms with Crippen LogP contribution in [0.25, 0.3) is 85.3 Å². The molecule has 0 saturated heterocycles. The summed E-state index contributed by atoms with van der Waals surface area (Å²) in [7, 11) is 0. The molecule has 0 aliphatic rings. The first kappa shape index (κ1) is 61.0. The Balaban J connectivity index is 0.000000145. The number of fused-ring (bicyclic) bond motifs is 3. The molecule has 11 heterocycles. The van der Waals surface area contributed by atoms with Crippen molar-refractivity contribution in [2.24, 2.45) is 5.73 Å². The van der Waals surface area contributed by atoms with E-state index in [1.54, 1.807) is 96.5 Å². The Labute approximate surface area is 520 Å². The number of hydrogen-bond acceptors (Lipinski definition) is 18. The van der Waals surface area contributed by atoms with Crippen molar-refractivity contribution >= 4 is 81.4 Å². The lowest BCUT2D eigenvalue weighted by Gasteiger charge is -2.04. The molecule has 11 aromatic heterocycles. The van der Waals surface area contributed by atoms with Crippen molar-refractivity contribution in [1.29, 1.82) is 0 Å². The minimum atomic E-state index is -0.571. The minimum absolute atomic E-state index is 0. The van der Waals surface area contributed by atoms with E-state index in [1.165, 1.54) is 0 Å². The van der Waals surface area contributed by atoms with Gasteiger partial charge in [-0.3, -0.25) is 24.5 Å². The number of nitrogens with two attached hydrogens (primary N) is 1. The Morgan fingerprint density at radius 2 is 0.885 bits per heavy atom. The fraction of sp³-hybridized carbons (Fsp3) is 0.0820. The first-order valence-corrected chi connectivity index (χ1v) is 27.3. The quantitative estimate of drug-likeness (QED) is 0.127. The van der Waals surface area contributed by atoms with Gasteiger partial charge >= 0.3 is 0 Å². The third kappa shape index (κ3) is 14.7. The highest BCUT2D eigenvalue weighted by Crippen LogP contribution is 2.25. The summed E-state index contributed by atoms with van der Waals surface area (Å²) in [4.78, 5) is 70.3. The second kappa shape index (κ2) is 27.4. The molecule has 3 aromatic carbocycles. The number of amides is 2. The van der Waals surface area contributed by atoms with E-state index in [2.05, 4.69) is 98.0 Å². The van der Waals surface area contributed by atoms with Gasteiger partial charge in [0.25, 0.3) is 29.1 Å². The largest absolute Gasteiger partial charge is 0.436 e. The Morgan fingerprint density at radius 3 is 1.26 bits per heavy atom. The fourth-order valence-electron chi connectivity index (χ4n) is 8.39. The highest BCUT2D eigenvalue weighted by Gasteiger charge is 2.18. The number of primary amides is 1. The van der Waals surface area contributed by atoms with Gasteiger partial charge in [-0.05, 0) is 89.5 Å². The van der Waals surface area contributed by atoms with Gasteiger partial charge in [-0.15, -0.1) is 27.7 Å². The zero-order valence-corrected chi connectivity index (χ0v) is 49.5. The predicted molar refractivity (Wildman–Crippen MR) is 338 cm³/mol. The molecule has 0 aliphatic heterocycles. The van der Waals surface area contributed by atoms with Gasteiger partial charge in [0.2, 0.25) is 29.0 Å². The molecule has 23 nitrogen and oxygen atoms in total. The van der Waals surface area contributed by atoms with Gasteiger partial charge in [0.15, 0.2) is 11.8 Å². The molecule has 0 atom stereocenters. The number of anilines is 1. The predicted octanol–water partition coefficient (Wildman–Crippen LogP) is 12.1. The third-order valence-electron chi connectivity index (χ3n) is 12.3. The summed E-state index contributed by atoms with van der Waals surface area (Å²) < 4.78 is 16.3. The summed E-state index contributed by atoms with van der Waals surface area (Å²) in [5, 5.41) is 16.8. The molecule has 2 amide bonds. The van der Waals surface area contributed by atoms with Crippen LogP contribution >= 0.6 is 46.6 Å². The maximum atomic E-state index is 12.5. The number of nitrogens with one attached hydrogen (secondary N) is 1. The van der Waals surface area contributed by atoms with Crippen LogP contribution in [0, 0.1) is 31.3 Å². The van der Waals surface area contributed by atoms with E-state index in [0.717, 1.165) is 42.6 Å². The minimum Gasteiger partial charge on any atom is -0.436 e. The normalized spacial score (nSPS) is 10.6. The van der Waals surface area contributed by atoms with Crippen molar-refractivity contribution in [3.05, 3.63) is 226 Å². The number of benzene rings is 3. The molecule has 0 aliphatic carbocycles. The number of aromatic nitrogens is 17. The first-order chi connectivity index (χ1) is 41.3. The first-order valence-electron chi connectivity index (χ1n) is 25.8. The molecule has 0 radical (unpaired) electrons. The molecule has 26 heteroatoms. The van der Waals surface area contributed by atoms with Gasteiger partial charge in [0.1, 0.15) is 17.1 Å². The van der Waals surface area contributed by atoms with E-state index in [4.69, 9.17) is 26.2 Å². The summed E-state index contributed by atoms with van der Waals surface area (Å²) >= 11 is 8.23. The van der Waals surface area contributed by atoms with E-state index < -0.39 is 5.91 Å². The molecule has 3 N–H and O–H groups in total. The fourth-order valence-corrected chi connectivity index (χ4v) is 9.00. The molecule has 0 saturated carbocycles. The summed E-state index contributed by atoms with van der Waals surface area (Å²) in [6.07, 6.45) is 16.0. The van der Waals surface area contributed by atoms with Crippen LogP contribution in [0.5, 0.6) is 0 Å². The van der Waals surface area contributed by atoms with E-state index in [0.29, 0.717) is 80.1 Å². The number of carbonyl (C=O) groups is 2. The van der Waals surface area contributed by atoms with Gasteiger partial charge < -0.3 is 19.9 Å². The molecular weight excluding hydrogens is 1260 g/mol. The Morgan fingerprint density at radius 1 is 0.494 bits per heavy atom. The van der Waals surface area contributed by atoms with Crippen molar-refractivity contribution < 1.29 is 18.4 Å². The molecule has 434 valence electrons. The molecule has 0 bridgehead atoms. The Hall–Kier alpha value is -10.6. The van der Waals surface area contributed by atoms with Crippen LogP contribution in [-0.4, -0.2) is 95.5 Å². The van der Waals surface area contributed by atoms with Crippen molar-refractivity contribution in [2.45, 2.75) is 35.1 Å². The number of hydrogen-bond donors (Lipinski definition) is 2. The van der Waals surface area contributed by atoms with Crippen molar-refractivity contribution in [2.75, 3.05) is 5.32 Å². The Bertz CT molecular complexity index is 4530. The topological polar surface area (TPSA) is 292 Å². The van der Waals surface area contributed by atoms with Gasteiger partial charge in [0.05, 0.1) is 11.4 Å². The number of oxazole rings is 2. The maximum Gasteiger partial charge on any atom is 0.293 e. The van der Waals surface area contributed by atoms with Crippen LogP contribution in [0.4, 0.5) is 5.69 Å². The van der Waals surface area contributed by atoms with E-state index in [-0.39, 0.29) is 37.3 Å². The molecule has 87 heavy (non-hydrogen) atoms. The van der Waals surface area contributed by atoms with E-state index in [9.17, 15) is 9.59 Å². The summed E-state index contributed by atoms with van der Waals surface area (Å²) in [6.45, 7) is 6.76. The third-order valence-corrected chi connectivity index (χ3v) is 13.2. The molecule has 0 unspecified atom stereocenters. The van der Waals surface area contributed by atoms with Gasteiger partial charge in [-0.1, -0.05) is 110 Å². The van der Waals surface area contributed by atoms with Crippen LogP contribution in [0.1, 0.15) is 51.7 Å². The number of halogens is 3. The maximum absolute atomic E-state index is 12.5. The van der Waals surface area contributed by atoms with E-state index >= 15 is 0 Å². The molecule has 14 rings (SSSR count). The van der Waals surface area contributed by atoms with Gasteiger partial charge in [0, 0.05) is 101 Å². The second-order valence-electron chi connectivity index (χ2n) is 18.4. The molecule has 0 fully saturated rings. The van der Waals surface area contributed by atoms with Crippen LogP contribution in [-0.2, 0) is 0 Å². The second-order valence-corrected chi connectivity index (χ2v) is 20.1. The average Bonchev–Trinajstić information content (AvgIpc) is 2.23. The number of nitrogens with zero attached hydrogens (tertiary/aromatic N) is 17. The van der Waals surface area contributed by atoms with Crippen molar-refractivity contribution in [1.82, 2.24) is 83.7 Å². The SMILES string of the molecule is C.Cc1nc(C)c(C(=O)Nc2ccnc(-c3nc4ncc(-c5ccccc5)cn4n3)c2)o1.Cc1nc(C)c(C(N)=O)o1.Cl.Clc1ccnc(-c2nc3ncc(-c4ccccc4)cn3n2)c1.Ic1ccnc(-c2nc3ncc(-c4ccccc4)cn3n2)c1. The number of rotatable bonds is 9. The summed E-state index contributed by atoms with van der Waals surface area (Å²) in [5.41, 5.74) is 14.6. The van der Waals surface area contributed by atoms with Crippen molar-refractivity contribution in [3.8, 4) is 67.9 Å². The standard InChI is InChI=1S/C22H17N7O2.C16H10ClN5.C16H10IN5.C6H8N2O2.CH4.ClH/c1-13-19(31-14(2)25-13)21(30)26-17-8-9-23-18(10-17)20-27-22-24-11-16(12-29(22)28-20)15-6-4-3-5-7-15;2*17-13-6-7-18-14(8-13)15-20-16-19-9-12(10-22(16)21-15)11-4-2-1-3-5-11;1-3-5(6(7)9)10-4(2)8-3;;/h3-12H,1-2H3,(H,23,26,30);2*1-10H;1-2H3,(H2,7,9);1H4;1H. The van der Waals surface area contributed by atoms with Crippen LogP contribution < -0.4 is 11.1 Å². The average molecular weight is 1310 g/mol. The Kier molecular flexibility index (Phi) is 19.2. The lowest BCUT2D eigenvalue weighted by Crippen LogP contribution is -2.12. The van der Waals surface area contributed by atoms with Crippen LogP contribution in [0.2, 0.25) is 5.02 Å². The van der Waals surface area contributed by atoms with Crippen molar-refractivity contribution in [3.63, 3.8) is 0 Å². The highest BCUT2D eigenvalue weighted by atomic mass is 127. The number of aryl methyl sites for hydroxylation is 4. The summed E-state index contributed by atoms with van der Waals surface area (Å²) in [5.74, 6) is 3.31. The smallest absolute Gasteiger partial charge is 0.293 e. The lowest BCUT2D eigenvalue weighted by atomic mass is 10.1. The van der Waals surface area contributed by atoms with Crippen LogP contribution in [0.3, 0.4) is 0 Å². The van der Waals surface area contributed by atoms with Gasteiger partial charge in [-0.25, -0.2) is 38.5 Å². The molecule has 14 aromatic rings. The zero-order chi connectivity index (χ0) is 59.0.